The molecule has 1 aliphatic carbocycles. The van der Waals surface area contributed by atoms with E-state index in [0.717, 1.165) is 37.8 Å². The van der Waals surface area contributed by atoms with Crippen LogP contribution in [0.3, 0.4) is 0 Å². The molecule has 2 aromatic carbocycles. The first-order chi connectivity index (χ1) is 13.5. The van der Waals surface area contributed by atoms with E-state index in [1.807, 2.05) is 0 Å². The van der Waals surface area contributed by atoms with Gasteiger partial charge in [-0.3, -0.25) is 0 Å². The van der Waals surface area contributed by atoms with Gasteiger partial charge >= 0.3 is 5.97 Å². The third-order valence-electron chi connectivity index (χ3n) is 5.19. The lowest BCUT2D eigenvalue weighted by Gasteiger charge is -2.28. The lowest BCUT2D eigenvalue weighted by Crippen LogP contribution is -2.23. The zero-order chi connectivity index (χ0) is 19.9. The van der Waals surface area contributed by atoms with Gasteiger partial charge in [0, 0.05) is 12.6 Å². The molecule has 28 heavy (non-hydrogen) atoms. The standard InChI is InChI=1S/C24H28FNO2/c1-26(2)17-19-3-8-20(9-4-19)21-10-14-23(15-11-21)28-24(27)16-7-18-5-12-22(25)13-6-18/h3-9,12-13,16,21,23H,10-11,14-15,17H2,1-2H3. The third-order valence-corrected chi connectivity index (χ3v) is 5.19. The molecule has 0 amide bonds. The number of benzene rings is 2. The van der Waals surface area contributed by atoms with E-state index in [9.17, 15) is 9.18 Å². The molecule has 0 heterocycles. The summed E-state index contributed by atoms with van der Waals surface area (Å²) in [5.74, 6) is -0.0808. The molecule has 1 fully saturated rings. The normalized spacial score (nSPS) is 19.9. The van der Waals surface area contributed by atoms with Crippen LogP contribution in [0.2, 0.25) is 0 Å². The van der Waals surface area contributed by atoms with Crippen LogP contribution in [0.5, 0.6) is 0 Å². The van der Waals surface area contributed by atoms with E-state index in [2.05, 4.69) is 43.3 Å². The fraction of sp³-hybridized carbons (Fsp3) is 0.375. The molecule has 0 bridgehead atoms. The van der Waals surface area contributed by atoms with Crippen LogP contribution in [0, 0.1) is 5.82 Å². The van der Waals surface area contributed by atoms with E-state index in [0.29, 0.717) is 5.92 Å². The van der Waals surface area contributed by atoms with Crippen molar-refractivity contribution in [2.75, 3.05) is 14.1 Å². The van der Waals surface area contributed by atoms with Gasteiger partial charge in [-0.2, -0.15) is 0 Å². The molecule has 0 aromatic heterocycles. The zero-order valence-corrected chi connectivity index (χ0v) is 16.6. The maximum atomic E-state index is 12.9. The molecular formula is C24H28FNO2. The number of ether oxygens (including phenoxy) is 1. The van der Waals surface area contributed by atoms with Crippen molar-refractivity contribution in [3.63, 3.8) is 0 Å². The van der Waals surface area contributed by atoms with Crippen molar-refractivity contribution in [1.29, 1.82) is 0 Å². The van der Waals surface area contributed by atoms with Gasteiger partial charge in [-0.15, -0.1) is 0 Å². The summed E-state index contributed by atoms with van der Waals surface area (Å²) in [6.45, 7) is 0.953. The van der Waals surface area contributed by atoms with Crippen LogP contribution in [-0.4, -0.2) is 31.1 Å². The highest BCUT2D eigenvalue weighted by molar-refractivity contribution is 5.87. The predicted octanol–water partition coefficient (Wildman–Crippen LogP) is 5.17. The van der Waals surface area contributed by atoms with Crippen molar-refractivity contribution >= 4 is 12.0 Å². The van der Waals surface area contributed by atoms with Crippen LogP contribution in [0.25, 0.3) is 6.08 Å². The molecule has 0 aliphatic heterocycles. The van der Waals surface area contributed by atoms with Crippen LogP contribution in [0.1, 0.15) is 48.3 Å². The number of nitrogens with zero attached hydrogens (tertiary/aromatic N) is 1. The van der Waals surface area contributed by atoms with Crippen molar-refractivity contribution in [3.05, 3.63) is 77.1 Å². The van der Waals surface area contributed by atoms with Gasteiger partial charge in [-0.25, -0.2) is 9.18 Å². The Labute approximate surface area is 166 Å². The largest absolute Gasteiger partial charge is 0.459 e. The Morgan fingerprint density at radius 2 is 1.68 bits per heavy atom. The summed E-state index contributed by atoms with van der Waals surface area (Å²) < 4.78 is 18.5. The molecule has 148 valence electrons. The van der Waals surface area contributed by atoms with Crippen LogP contribution in [0.15, 0.2) is 54.6 Å². The second-order valence-electron chi connectivity index (χ2n) is 7.77. The molecule has 1 aliphatic rings. The van der Waals surface area contributed by atoms with E-state index in [1.54, 1.807) is 18.2 Å². The average molecular weight is 381 g/mol. The molecule has 0 N–H and O–H groups in total. The molecule has 3 nitrogen and oxygen atoms in total. The molecule has 0 unspecified atom stereocenters. The SMILES string of the molecule is CN(C)Cc1ccc(C2CCC(OC(=O)C=Cc3ccc(F)cc3)CC2)cc1. The van der Waals surface area contributed by atoms with E-state index < -0.39 is 0 Å². The number of esters is 1. The lowest BCUT2D eigenvalue weighted by atomic mass is 9.82. The minimum absolute atomic E-state index is 0.0189. The van der Waals surface area contributed by atoms with Gasteiger partial charge in [-0.1, -0.05) is 36.4 Å². The number of hydrogen-bond donors (Lipinski definition) is 0. The smallest absolute Gasteiger partial charge is 0.331 e. The molecule has 2 aromatic rings. The molecule has 1 saturated carbocycles. The quantitative estimate of drug-likeness (QED) is 0.511. The first-order valence-corrected chi connectivity index (χ1v) is 9.87. The van der Waals surface area contributed by atoms with Gasteiger partial charge in [0.05, 0.1) is 0 Å². The second-order valence-corrected chi connectivity index (χ2v) is 7.77. The fourth-order valence-corrected chi connectivity index (χ4v) is 3.72. The molecule has 4 heteroatoms. The molecular weight excluding hydrogens is 353 g/mol. The van der Waals surface area contributed by atoms with Gasteiger partial charge in [0.2, 0.25) is 0 Å². The maximum Gasteiger partial charge on any atom is 0.331 e. The average Bonchev–Trinajstić information content (AvgIpc) is 2.68. The van der Waals surface area contributed by atoms with Gasteiger partial charge in [-0.05, 0) is 80.6 Å². The Kier molecular flexibility index (Phi) is 6.99. The fourth-order valence-electron chi connectivity index (χ4n) is 3.72. The summed E-state index contributed by atoms with van der Waals surface area (Å²) in [6, 6.07) is 14.9. The monoisotopic (exact) mass is 381 g/mol. The minimum Gasteiger partial charge on any atom is -0.459 e. The molecule has 0 radical (unpaired) electrons. The van der Waals surface area contributed by atoms with Crippen molar-refractivity contribution in [2.45, 2.75) is 44.2 Å². The number of rotatable bonds is 6. The number of carbonyl (C=O) groups is 1. The molecule has 0 spiro atoms. The number of carbonyl (C=O) groups excluding carboxylic acids is 1. The van der Waals surface area contributed by atoms with E-state index in [1.165, 1.54) is 29.3 Å². The Morgan fingerprint density at radius 1 is 1.04 bits per heavy atom. The first kappa shape index (κ1) is 20.3. The van der Waals surface area contributed by atoms with Gasteiger partial charge in [0.25, 0.3) is 0 Å². The number of halogens is 1. The Hall–Kier alpha value is -2.46. The van der Waals surface area contributed by atoms with Crippen molar-refractivity contribution < 1.29 is 13.9 Å². The highest BCUT2D eigenvalue weighted by Gasteiger charge is 2.24. The maximum absolute atomic E-state index is 12.9. The lowest BCUT2D eigenvalue weighted by molar-refractivity contribution is -0.144. The Bertz CT molecular complexity index is 788. The van der Waals surface area contributed by atoms with Crippen LogP contribution >= 0.6 is 0 Å². The predicted molar refractivity (Wildman–Crippen MR) is 110 cm³/mol. The van der Waals surface area contributed by atoms with E-state index in [-0.39, 0.29) is 17.9 Å². The van der Waals surface area contributed by atoms with Gasteiger partial charge in [0.15, 0.2) is 0 Å². The topological polar surface area (TPSA) is 29.5 Å². The van der Waals surface area contributed by atoms with Gasteiger partial charge < -0.3 is 9.64 Å². The van der Waals surface area contributed by atoms with Crippen molar-refractivity contribution in [2.24, 2.45) is 0 Å². The van der Waals surface area contributed by atoms with Crippen molar-refractivity contribution in [3.8, 4) is 0 Å². The van der Waals surface area contributed by atoms with Gasteiger partial charge in [0.1, 0.15) is 11.9 Å². The summed E-state index contributed by atoms with van der Waals surface area (Å²) in [4.78, 5) is 14.2. The summed E-state index contributed by atoms with van der Waals surface area (Å²) in [7, 11) is 4.15. The van der Waals surface area contributed by atoms with E-state index >= 15 is 0 Å². The minimum atomic E-state index is -0.333. The summed E-state index contributed by atoms with van der Waals surface area (Å²) in [6.07, 6.45) is 6.90. The highest BCUT2D eigenvalue weighted by Crippen LogP contribution is 2.34. The van der Waals surface area contributed by atoms with E-state index in [4.69, 9.17) is 4.74 Å². The molecule has 3 rings (SSSR count). The van der Waals surface area contributed by atoms with Crippen LogP contribution < -0.4 is 0 Å². The first-order valence-electron chi connectivity index (χ1n) is 9.87. The Balaban J connectivity index is 1.45. The summed E-state index contributed by atoms with van der Waals surface area (Å²) >= 11 is 0. The molecule has 0 saturated heterocycles. The number of hydrogen-bond acceptors (Lipinski definition) is 3. The summed E-state index contributed by atoms with van der Waals surface area (Å²) in [5.41, 5.74) is 3.48. The van der Waals surface area contributed by atoms with Crippen LogP contribution in [0.4, 0.5) is 4.39 Å². The Morgan fingerprint density at radius 3 is 2.29 bits per heavy atom. The van der Waals surface area contributed by atoms with Crippen LogP contribution in [-0.2, 0) is 16.1 Å². The highest BCUT2D eigenvalue weighted by atomic mass is 19.1. The third kappa shape index (κ3) is 6.03. The second kappa shape index (κ2) is 9.65. The van der Waals surface area contributed by atoms with Crippen molar-refractivity contribution in [1.82, 2.24) is 4.90 Å². The zero-order valence-electron chi connectivity index (χ0n) is 16.6. The summed E-state index contributed by atoms with van der Waals surface area (Å²) in [5, 5.41) is 0. The molecule has 0 atom stereocenters.